The van der Waals surface area contributed by atoms with Crippen molar-refractivity contribution in [2.45, 2.75) is 12.5 Å². The summed E-state index contributed by atoms with van der Waals surface area (Å²) in [6.07, 6.45) is 3.10. The molecule has 0 spiro atoms. The van der Waals surface area contributed by atoms with Gasteiger partial charge in [-0.3, -0.25) is 4.68 Å². The van der Waals surface area contributed by atoms with Crippen LogP contribution in [0.3, 0.4) is 0 Å². The summed E-state index contributed by atoms with van der Waals surface area (Å²) in [5.74, 6) is 0.837. The molecule has 0 bridgehead atoms. The summed E-state index contributed by atoms with van der Waals surface area (Å²) in [7, 11) is 3.66. The van der Waals surface area contributed by atoms with Gasteiger partial charge in [-0.2, -0.15) is 5.10 Å². The van der Waals surface area contributed by atoms with Crippen LogP contribution in [0.5, 0.6) is 5.75 Å². The van der Waals surface area contributed by atoms with Gasteiger partial charge in [0, 0.05) is 17.6 Å². The Balaban J connectivity index is 2.00. The highest BCUT2D eigenvalue weighted by Crippen LogP contribution is 2.25. The lowest BCUT2D eigenvalue weighted by Gasteiger charge is -2.18. The van der Waals surface area contributed by atoms with Crippen LogP contribution in [0.1, 0.15) is 18.0 Å². The summed E-state index contributed by atoms with van der Waals surface area (Å²) in [6, 6.07) is 16.8. The fraction of sp³-hybridized carbons (Fsp3) is 0.278. The lowest BCUT2D eigenvalue weighted by molar-refractivity contribution is 0.415. The van der Waals surface area contributed by atoms with E-state index in [-0.39, 0.29) is 6.04 Å². The number of benzene rings is 2. The molecule has 114 valence electrons. The summed E-state index contributed by atoms with van der Waals surface area (Å²) in [5, 5.41) is 9.12. The minimum atomic E-state index is 0.229. The smallest absolute Gasteiger partial charge is 0.121 e. The third-order valence-corrected chi connectivity index (χ3v) is 3.90. The van der Waals surface area contributed by atoms with Crippen LogP contribution in [-0.2, 0) is 0 Å². The zero-order valence-electron chi connectivity index (χ0n) is 13.0. The van der Waals surface area contributed by atoms with Crippen LogP contribution in [0.15, 0.2) is 54.7 Å². The van der Waals surface area contributed by atoms with Gasteiger partial charge in [0.2, 0.25) is 0 Å². The lowest BCUT2D eigenvalue weighted by atomic mass is 10.0. The Morgan fingerprint density at radius 2 is 2.00 bits per heavy atom. The third kappa shape index (κ3) is 2.97. The van der Waals surface area contributed by atoms with Gasteiger partial charge in [-0.25, -0.2) is 0 Å². The predicted octanol–water partition coefficient (Wildman–Crippen LogP) is 3.24. The predicted molar refractivity (Wildman–Crippen MR) is 89.4 cm³/mol. The number of hydrogen-bond acceptors (Lipinski definition) is 3. The molecule has 0 saturated carbocycles. The first-order valence-corrected chi connectivity index (χ1v) is 7.54. The Labute approximate surface area is 130 Å². The Kier molecular flexibility index (Phi) is 4.39. The van der Waals surface area contributed by atoms with Gasteiger partial charge in [0.1, 0.15) is 5.75 Å². The van der Waals surface area contributed by atoms with Crippen molar-refractivity contribution >= 4 is 10.9 Å². The maximum atomic E-state index is 5.28. The van der Waals surface area contributed by atoms with Crippen molar-refractivity contribution in [3.63, 3.8) is 0 Å². The molecule has 0 fully saturated rings. The molecular weight excluding hydrogens is 274 g/mol. The van der Waals surface area contributed by atoms with Crippen LogP contribution in [0.4, 0.5) is 0 Å². The van der Waals surface area contributed by atoms with Crippen molar-refractivity contribution in [3.8, 4) is 5.75 Å². The molecule has 4 nitrogen and oxygen atoms in total. The normalized spacial score (nSPS) is 12.5. The molecule has 0 aliphatic carbocycles. The maximum absolute atomic E-state index is 5.28. The van der Waals surface area contributed by atoms with Gasteiger partial charge in [0.05, 0.1) is 18.7 Å². The fourth-order valence-corrected chi connectivity index (χ4v) is 2.71. The zero-order valence-corrected chi connectivity index (χ0v) is 13.0. The molecule has 1 atom stereocenters. The second kappa shape index (κ2) is 6.62. The number of rotatable bonds is 6. The average Bonchev–Trinajstić information content (AvgIpc) is 2.98. The monoisotopic (exact) mass is 295 g/mol. The Bertz CT molecular complexity index is 736. The molecule has 1 heterocycles. The minimum absolute atomic E-state index is 0.229. The van der Waals surface area contributed by atoms with Gasteiger partial charge < -0.3 is 10.1 Å². The molecule has 0 amide bonds. The SMILES string of the molecule is CNCCC(c1ccccc1)n1cc2ccc(OC)cc2n1. The largest absolute Gasteiger partial charge is 0.497 e. The number of hydrogen-bond donors (Lipinski definition) is 1. The molecule has 22 heavy (non-hydrogen) atoms. The van der Waals surface area contributed by atoms with E-state index in [0.29, 0.717) is 0 Å². The second-order valence-electron chi connectivity index (χ2n) is 5.35. The third-order valence-electron chi connectivity index (χ3n) is 3.90. The average molecular weight is 295 g/mol. The van der Waals surface area contributed by atoms with Crippen LogP contribution >= 0.6 is 0 Å². The van der Waals surface area contributed by atoms with Crippen LogP contribution in [0, 0.1) is 0 Å². The molecule has 3 rings (SSSR count). The number of methoxy groups -OCH3 is 1. The second-order valence-corrected chi connectivity index (χ2v) is 5.35. The summed E-state index contributed by atoms with van der Waals surface area (Å²) in [4.78, 5) is 0. The molecule has 0 radical (unpaired) electrons. The number of nitrogens with zero attached hydrogens (tertiary/aromatic N) is 2. The first-order valence-electron chi connectivity index (χ1n) is 7.54. The zero-order chi connectivity index (χ0) is 15.4. The number of aromatic nitrogens is 2. The van der Waals surface area contributed by atoms with Crippen LogP contribution < -0.4 is 10.1 Å². The highest BCUT2D eigenvalue weighted by atomic mass is 16.5. The van der Waals surface area contributed by atoms with Crippen molar-refractivity contribution in [3.05, 3.63) is 60.3 Å². The molecule has 3 aromatic rings. The molecule has 0 saturated heterocycles. The number of fused-ring (bicyclic) bond motifs is 1. The van der Waals surface area contributed by atoms with Crippen molar-refractivity contribution in [2.24, 2.45) is 0 Å². The molecule has 1 aromatic heterocycles. The van der Waals surface area contributed by atoms with Gasteiger partial charge in [-0.05, 0) is 37.7 Å². The summed E-state index contributed by atoms with van der Waals surface area (Å²) in [5.41, 5.74) is 2.24. The van der Waals surface area contributed by atoms with E-state index < -0.39 is 0 Å². The summed E-state index contributed by atoms with van der Waals surface area (Å²) < 4.78 is 7.35. The van der Waals surface area contributed by atoms with E-state index in [2.05, 4.69) is 46.5 Å². The number of ether oxygens (including phenoxy) is 1. The molecule has 1 N–H and O–H groups in total. The van der Waals surface area contributed by atoms with E-state index >= 15 is 0 Å². The van der Waals surface area contributed by atoms with E-state index in [9.17, 15) is 0 Å². The van der Waals surface area contributed by atoms with Gasteiger partial charge >= 0.3 is 0 Å². The fourth-order valence-electron chi connectivity index (χ4n) is 2.71. The highest BCUT2D eigenvalue weighted by molar-refractivity contribution is 5.79. The first-order chi connectivity index (χ1) is 10.8. The van der Waals surface area contributed by atoms with Crippen molar-refractivity contribution in [2.75, 3.05) is 20.7 Å². The van der Waals surface area contributed by atoms with Gasteiger partial charge in [0.25, 0.3) is 0 Å². The molecule has 2 aromatic carbocycles. The van der Waals surface area contributed by atoms with Gasteiger partial charge in [0.15, 0.2) is 0 Å². The Hall–Kier alpha value is -2.33. The highest BCUT2D eigenvalue weighted by Gasteiger charge is 2.15. The van der Waals surface area contributed by atoms with Crippen molar-refractivity contribution < 1.29 is 4.74 Å². The van der Waals surface area contributed by atoms with E-state index in [1.165, 1.54) is 5.56 Å². The van der Waals surface area contributed by atoms with E-state index in [4.69, 9.17) is 9.84 Å². The lowest BCUT2D eigenvalue weighted by Crippen LogP contribution is -2.18. The van der Waals surface area contributed by atoms with E-state index in [1.807, 2.05) is 25.2 Å². The molecule has 0 aliphatic heterocycles. The number of nitrogens with one attached hydrogen (secondary N) is 1. The Morgan fingerprint density at radius 1 is 1.18 bits per heavy atom. The molecular formula is C18H21N3O. The summed E-state index contributed by atoms with van der Waals surface area (Å²) in [6.45, 7) is 0.944. The van der Waals surface area contributed by atoms with Gasteiger partial charge in [-0.1, -0.05) is 30.3 Å². The van der Waals surface area contributed by atoms with Crippen LogP contribution in [-0.4, -0.2) is 30.5 Å². The quantitative estimate of drug-likeness (QED) is 0.759. The Morgan fingerprint density at radius 3 is 2.73 bits per heavy atom. The first kappa shape index (κ1) is 14.6. The van der Waals surface area contributed by atoms with Crippen LogP contribution in [0.2, 0.25) is 0 Å². The minimum Gasteiger partial charge on any atom is -0.497 e. The van der Waals surface area contributed by atoms with E-state index in [1.54, 1.807) is 7.11 Å². The van der Waals surface area contributed by atoms with Gasteiger partial charge in [-0.15, -0.1) is 0 Å². The van der Waals surface area contributed by atoms with Crippen LogP contribution in [0.25, 0.3) is 10.9 Å². The molecule has 1 unspecified atom stereocenters. The molecule has 0 aliphatic rings. The summed E-state index contributed by atoms with van der Waals surface area (Å²) >= 11 is 0. The standard InChI is InChI=1S/C18H21N3O/c1-19-11-10-18(14-6-4-3-5-7-14)21-13-15-8-9-16(22-2)12-17(15)20-21/h3-9,12-13,18-19H,10-11H2,1-2H3. The van der Waals surface area contributed by atoms with E-state index in [0.717, 1.165) is 29.6 Å². The van der Waals surface area contributed by atoms with Crippen molar-refractivity contribution in [1.82, 2.24) is 15.1 Å². The topological polar surface area (TPSA) is 39.1 Å². The molecule has 4 heteroatoms. The van der Waals surface area contributed by atoms with Crippen molar-refractivity contribution in [1.29, 1.82) is 0 Å². The maximum Gasteiger partial charge on any atom is 0.121 e.